The molecule has 0 atom stereocenters. The maximum atomic E-state index is 9.77. The molecule has 3 heteroatoms. The molecule has 266 valence electrons. The van der Waals surface area contributed by atoms with Crippen LogP contribution >= 0.6 is 0 Å². The van der Waals surface area contributed by atoms with Crippen LogP contribution in [0.25, 0.3) is 78.4 Å². The summed E-state index contributed by atoms with van der Waals surface area (Å²) in [6.45, 7) is 0. The molecule has 3 nitrogen and oxygen atoms in total. The van der Waals surface area contributed by atoms with E-state index in [1.54, 1.807) is 0 Å². The summed E-state index contributed by atoms with van der Waals surface area (Å²) in [5.41, 5.74) is 18.3. The molecule has 8 aromatic rings. The topological polar surface area (TPSA) is 49.6 Å². The van der Waals surface area contributed by atoms with Crippen molar-refractivity contribution in [3.05, 3.63) is 193 Å². The molecule has 0 aliphatic heterocycles. The Balaban J connectivity index is 0.918. The molecule has 7 aromatic carbocycles. The lowest BCUT2D eigenvalue weighted by molar-refractivity contribution is 0.353. The number of fused-ring (bicyclic) bond motifs is 5. The first-order valence-electron chi connectivity index (χ1n) is 19.7. The van der Waals surface area contributed by atoms with Crippen molar-refractivity contribution in [1.82, 2.24) is 9.97 Å². The highest BCUT2D eigenvalue weighted by atomic mass is 14.9. The summed E-state index contributed by atoms with van der Waals surface area (Å²) >= 11 is 0. The van der Waals surface area contributed by atoms with Gasteiger partial charge in [-0.3, -0.25) is 0 Å². The first-order chi connectivity index (χ1) is 27.7. The molecule has 2 aliphatic rings. The smallest absolute Gasteiger partial charge is 0.160 e. The van der Waals surface area contributed by atoms with Crippen molar-refractivity contribution in [2.75, 3.05) is 0 Å². The molecular formula is C53H39N3. The summed E-state index contributed by atoms with van der Waals surface area (Å²) in [4.78, 5) is 9.95. The Hall–Kier alpha value is -6.89. The summed E-state index contributed by atoms with van der Waals surface area (Å²) in [5, 5.41) is 9.77. The summed E-state index contributed by atoms with van der Waals surface area (Å²) in [6.07, 6.45) is 6.05. The summed E-state index contributed by atoms with van der Waals surface area (Å²) < 4.78 is 0. The van der Waals surface area contributed by atoms with Gasteiger partial charge in [-0.25, -0.2) is 9.97 Å². The maximum Gasteiger partial charge on any atom is 0.160 e. The van der Waals surface area contributed by atoms with Crippen LogP contribution in [-0.4, -0.2) is 9.97 Å². The van der Waals surface area contributed by atoms with Crippen molar-refractivity contribution in [1.29, 1.82) is 5.26 Å². The van der Waals surface area contributed by atoms with Gasteiger partial charge in [0.2, 0.25) is 0 Å². The highest BCUT2D eigenvalue weighted by molar-refractivity contribution is 5.93. The van der Waals surface area contributed by atoms with Crippen LogP contribution in [0, 0.1) is 11.3 Å². The molecule has 1 heterocycles. The molecule has 1 fully saturated rings. The molecule has 0 saturated heterocycles. The predicted octanol–water partition coefficient (Wildman–Crippen LogP) is 13.6. The predicted molar refractivity (Wildman–Crippen MR) is 229 cm³/mol. The van der Waals surface area contributed by atoms with Gasteiger partial charge in [0.1, 0.15) is 0 Å². The second kappa shape index (κ2) is 14.1. The fourth-order valence-corrected chi connectivity index (χ4v) is 9.15. The zero-order valence-electron chi connectivity index (χ0n) is 31.1. The minimum absolute atomic E-state index is 0.0154. The van der Waals surface area contributed by atoms with Gasteiger partial charge in [0, 0.05) is 22.1 Å². The molecular weight excluding hydrogens is 679 g/mol. The van der Waals surface area contributed by atoms with E-state index in [0.717, 1.165) is 57.9 Å². The van der Waals surface area contributed by atoms with Crippen molar-refractivity contribution in [3.8, 4) is 84.5 Å². The Morgan fingerprint density at radius 3 is 1.50 bits per heavy atom. The molecule has 0 unspecified atom stereocenters. The molecule has 0 radical (unpaired) electrons. The molecule has 10 rings (SSSR count). The first kappa shape index (κ1) is 33.7. The third-order valence-electron chi connectivity index (χ3n) is 12.0. The standard InChI is InChI=1S/C53H39N3/c54-35-36-17-30-46-48(33-36)53(31-8-3-9-32-53)47-16-10-15-45(51(46)47)41-26-22-39(23-27-41)37-18-20-38(21-19-37)40-24-28-43(29-25-40)50-34-49(42-11-4-1-5-12-42)55-52(56-50)44-13-6-2-7-14-44/h1-2,4-7,10-30,33-34H,3,8-9,31-32H2. The number of hydrogen-bond acceptors (Lipinski definition) is 3. The Morgan fingerprint density at radius 2 is 0.929 bits per heavy atom. The molecule has 1 aromatic heterocycles. The van der Waals surface area contributed by atoms with E-state index in [2.05, 4.69) is 140 Å². The van der Waals surface area contributed by atoms with E-state index in [1.165, 1.54) is 69.3 Å². The van der Waals surface area contributed by atoms with Crippen molar-refractivity contribution in [2.24, 2.45) is 0 Å². The lowest BCUT2D eigenvalue weighted by Crippen LogP contribution is -2.28. The van der Waals surface area contributed by atoms with E-state index >= 15 is 0 Å². The van der Waals surface area contributed by atoms with Crippen molar-refractivity contribution >= 4 is 0 Å². The zero-order chi connectivity index (χ0) is 37.5. The lowest BCUT2D eigenvalue weighted by Gasteiger charge is -2.36. The molecule has 0 bridgehead atoms. The molecule has 0 amide bonds. The minimum Gasteiger partial charge on any atom is -0.228 e. The zero-order valence-corrected chi connectivity index (χ0v) is 31.1. The normalized spacial score (nSPS) is 13.8. The van der Waals surface area contributed by atoms with Crippen LogP contribution in [0.5, 0.6) is 0 Å². The molecule has 2 aliphatic carbocycles. The summed E-state index contributed by atoms with van der Waals surface area (Å²) in [7, 11) is 0. The van der Waals surface area contributed by atoms with Crippen LogP contribution in [0.2, 0.25) is 0 Å². The van der Waals surface area contributed by atoms with Gasteiger partial charge in [0.05, 0.1) is 23.0 Å². The van der Waals surface area contributed by atoms with Crippen LogP contribution in [0.4, 0.5) is 0 Å². The van der Waals surface area contributed by atoms with E-state index in [1.807, 2.05) is 42.5 Å². The molecule has 1 saturated carbocycles. The Labute approximate surface area is 328 Å². The average Bonchev–Trinajstić information content (AvgIpc) is 3.55. The largest absolute Gasteiger partial charge is 0.228 e. The van der Waals surface area contributed by atoms with Crippen molar-refractivity contribution < 1.29 is 0 Å². The van der Waals surface area contributed by atoms with E-state index in [9.17, 15) is 5.26 Å². The van der Waals surface area contributed by atoms with Gasteiger partial charge in [-0.05, 0) is 86.7 Å². The Morgan fingerprint density at radius 1 is 0.411 bits per heavy atom. The lowest BCUT2D eigenvalue weighted by atomic mass is 9.67. The van der Waals surface area contributed by atoms with Crippen molar-refractivity contribution in [3.63, 3.8) is 0 Å². The van der Waals surface area contributed by atoms with Crippen LogP contribution < -0.4 is 0 Å². The minimum atomic E-state index is 0.0154. The third-order valence-corrected chi connectivity index (χ3v) is 12.0. The number of nitrogens with zero attached hydrogens (tertiary/aromatic N) is 3. The quantitative estimate of drug-likeness (QED) is 0.172. The third kappa shape index (κ3) is 5.92. The molecule has 56 heavy (non-hydrogen) atoms. The Bertz CT molecular complexity index is 2680. The molecule has 0 N–H and O–H groups in total. The van der Waals surface area contributed by atoms with Crippen LogP contribution in [0.15, 0.2) is 176 Å². The van der Waals surface area contributed by atoms with Gasteiger partial charge in [-0.1, -0.05) is 177 Å². The number of nitriles is 1. The van der Waals surface area contributed by atoms with E-state index < -0.39 is 0 Å². The number of aromatic nitrogens is 2. The first-order valence-corrected chi connectivity index (χ1v) is 19.7. The second-order valence-corrected chi connectivity index (χ2v) is 15.2. The maximum absolute atomic E-state index is 9.77. The van der Waals surface area contributed by atoms with Gasteiger partial charge < -0.3 is 0 Å². The SMILES string of the molecule is N#Cc1ccc2c(c1)C1(CCCCC1)c1cccc(-c3ccc(-c4ccc(-c5ccc(-c6cc(-c7ccccc7)nc(-c7ccccc7)n6)cc5)cc4)cc3)c1-2. The van der Waals surface area contributed by atoms with Crippen LogP contribution in [-0.2, 0) is 5.41 Å². The van der Waals surface area contributed by atoms with Gasteiger partial charge in [-0.2, -0.15) is 5.26 Å². The highest BCUT2D eigenvalue weighted by Crippen LogP contribution is 2.58. The summed E-state index contributed by atoms with van der Waals surface area (Å²) in [5.74, 6) is 0.718. The van der Waals surface area contributed by atoms with Gasteiger partial charge in [-0.15, -0.1) is 0 Å². The second-order valence-electron chi connectivity index (χ2n) is 15.2. The van der Waals surface area contributed by atoms with Crippen LogP contribution in [0.1, 0.15) is 48.8 Å². The number of hydrogen-bond donors (Lipinski definition) is 0. The van der Waals surface area contributed by atoms with Crippen LogP contribution in [0.3, 0.4) is 0 Å². The number of rotatable bonds is 6. The fraction of sp³-hybridized carbons (Fsp3) is 0.113. The summed E-state index contributed by atoms with van der Waals surface area (Å²) in [6, 6.07) is 64.8. The van der Waals surface area contributed by atoms with Gasteiger partial charge >= 0.3 is 0 Å². The van der Waals surface area contributed by atoms with Gasteiger partial charge in [0.15, 0.2) is 5.82 Å². The Kier molecular flexibility index (Phi) is 8.46. The number of benzene rings is 7. The van der Waals surface area contributed by atoms with E-state index in [-0.39, 0.29) is 5.41 Å². The van der Waals surface area contributed by atoms with E-state index in [4.69, 9.17) is 9.97 Å². The van der Waals surface area contributed by atoms with E-state index in [0.29, 0.717) is 0 Å². The van der Waals surface area contributed by atoms with Crippen molar-refractivity contribution in [2.45, 2.75) is 37.5 Å². The molecule has 1 spiro atoms. The average molecular weight is 718 g/mol. The fourth-order valence-electron chi connectivity index (χ4n) is 9.15. The monoisotopic (exact) mass is 717 g/mol. The van der Waals surface area contributed by atoms with Gasteiger partial charge in [0.25, 0.3) is 0 Å². The highest BCUT2D eigenvalue weighted by Gasteiger charge is 2.44.